The van der Waals surface area contributed by atoms with E-state index in [4.69, 9.17) is 19.5 Å². The molecule has 0 spiro atoms. The molecule has 1 aromatic carbocycles. The van der Waals surface area contributed by atoms with E-state index < -0.39 is 12.1 Å². The van der Waals surface area contributed by atoms with E-state index >= 15 is 0 Å². The number of anilines is 1. The van der Waals surface area contributed by atoms with Crippen molar-refractivity contribution in [1.29, 1.82) is 5.26 Å². The number of aryl methyl sites for hydroxylation is 1. The van der Waals surface area contributed by atoms with Crippen LogP contribution < -0.4 is 14.8 Å². The van der Waals surface area contributed by atoms with Gasteiger partial charge in [-0.1, -0.05) is 0 Å². The molecule has 1 aliphatic carbocycles. The Morgan fingerprint density at radius 3 is 2.73 bits per heavy atom. The molecule has 0 saturated heterocycles. The molecule has 0 bridgehead atoms. The van der Waals surface area contributed by atoms with Crippen LogP contribution in [0, 0.1) is 11.3 Å². The second-order valence-corrected chi connectivity index (χ2v) is 7.97. The normalized spacial score (nSPS) is 13.5. The molecule has 1 aromatic heterocycles. The molecule has 0 aliphatic heterocycles. The van der Waals surface area contributed by atoms with E-state index in [9.17, 15) is 9.59 Å². The molecule has 1 aliphatic rings. The first kappa shape index (κ1) is 21.7. The average Bonchev–Trinajstić information content (AvgIpc) is 3.11. The Morgan fingerprint density at radius 2 is 2.03 bits per heavy atom. The van der Waals surface area contributed by atoms with Crippen molar-refractivity contribution in [2.75, 3.05) is 19.0 Å². The summed E-state index contributed by atoms with van der Waals surface area (Å²) >= 11 is 1.43. The predicted molar refractivity (Wildman–Crippen MR) is 113 cm³/mol. The molecule has 0 saturated carbocycles. The van der Waals surface area contributed by atoms with Crippen LogP contribution in [0.5, 0.6) is 11.5 Å². The highest BCUT2D eigenvalue weighted by atomic mass is 32.1. The summed E-state index contributed by atoms with van der Waals surface area (Å²) in [4.78, 5) is 26.5. The van der Waals surface area contributed by atoms with Crippen LogP contribution in [0.3, 0.4) is 0 Å². The molecule has 158 valence electrons. The number of amides is 1. The number of nitrogens with zero attached hydrogens (tertiary/aromatic N) is 1. The Balaban J connectivity index is 1.80. The number of thiophene rings is 1. The van der Waals surface area contributed by atoms with Gasteiger partial charge in [0.05, 0.1) is 30.9 Å². The van der Waals surface area contributed by atoms with Crippen molar-refractivity contribution in [3.63, 3.8) is 0 Å². The zero-order chi connectivity index (χ0) is 21.7. The maximum absolute atomic E-state index is 12.8. The van der Waals surface area contributed by atoms with Crippen LogP contribution >= 0.6 is 11.3 Å². The third-order valence-electron chi connectivity index (χ3n) is 4.85. The number of carbonyl (C=O) groups is 2. The first-order valence-corrected chi connectivity index (χ1v) is 10.7. The van der Waals surface area contributed by atoms with Crippen LogP contribution in [0.2, 0.25) is 0 Å². The number of rotatable bonds is 7. The number of methoxy groups -OCH3 is 1. The van der Waals surface area contributed by atoms with E-state index in [0.29, 0.717) is 27.6 Å². The summed E-state index contributed by atoms with van der Waals surface area (Å²) in [6.45, 7) is 3.65. The van der Waals surface area contributed by atoms with Crippen LogP contribution in [-0.2, 0) is 22.4 Å². The fraction of sp³-hybridized carbons (Fsp3) is 0.409. The number of nitriles is 1. The van der Waals surface area contributed by atoms with Crippen molar-refractivity contribution in [3.05, 3.63) is 39.8 Å². The average molecular weight is 429 g/mol. The fourth-order valence-corrected chi connectivity index (χ4v) is 4.65. The number of hydrogen-bond donors (Lipinski definition) is 1. The summed E-state index contributed by atoms with van der Waals surface area (Å²) < 4.78 is 16.2. The number of ether oxygens (including phenoxy) is 3. The minimum Gasteiger partial charge on any atom is -0.493 e. The van der Waals surface area contributed by atoms with E-state index in [-0.39, 0.29) is 12.5 Å². The monoisotopic (exact) mass is 428 g/mol. The zero-order valence-electron chi connectivity index (χ0n) is 17.2. The molecule has 3 rings (SSSR count). The van der Waals surface area contributed by atoms with Gasteiger partial charge in [-0.05, 0) is 57.2 Å². The van der Waals surface area contributed by atoms with E-state index in [1.165, 1.54) is 18.4 Å². The summed E-state index contributed by atoms with van der Waals surface area (Å²) in [6, 6.07) is 6.76. The van der Waals surface area contributed by atoms with Gasteiger partial charge in [-0.3, -0.25) is 4.79 Å². The van der Waals surface area contributed by atoms with Crippen molar-refractivity contribution >= 4 is 28.2 Å². The molecule has 30 heavy (non-hydrogen) atoms. The van der Waals surface area contributed by atoms with Gasteiger partial charge in [-0.15, -0.1) is 11.3 Å². The number of benzene rings is 1. The van der Waals surface area contributed by atoms with E-state index in [1.54, 1.807) is 32.0 Å². The number of esters is 1. The topological polar surface area (TPSA) is 97.6 Å². The summed E-state index contributed by atoms with van der Waals surface area (Å²) in [5, 5.41) is 12.4. The number of fused-ring (bicyclic) bond motifs is 1. The summed E-state index contributed by atoms with van der Waals surface area (Å²) in [7, 11) is 1.47. The Morgan fingerprint density at radius 1 is 1.27 bits per heavy atom. The lowest BCUT2D eigenvalue weighted by molar-refractivity contribution is -0.122. The molecular formula is C22H24N2O5S. The highest BCUT2D eigenvalue weighted by Crippen LogP contribution is 2.39. The van der Waals surface area contributed by atoms with Crippen LogP contribution in [-0.4, -0.2) is 31.7 Å². The van der Waals surface area contributed by atoms with E-state index in [2.05, 4.69) is 5.32 Å². The first-order valence-electron chi connectivity index (χ1n) is 9.85. The van der Waals surface area contributed by atoms with Crippen molar-refractivity contribution in [1.82, 2.24) is 0 Å². The predicted octanol–water partition coefficient (Wildman–Crippen LogP) is 4.09. The molecule has 1 N–H and O–H groups in total. The standard InChI is InChI=1S/C22H24N2O5S/c1-4-28-22(26)19-15-7-5-6-8-18(15)30-21(19)24-20(25)13(2)29-16-10-9-14(12-23)11-17(16)27-3/h9-11,13H,4-8H2,1-3H3,(H,24,25). The van der Waals surface area contributed by atoms with Gasteiger partial charge in [0.1, 0.15) is 5.00 Å². The molecule has 1 amide bonds. The molecule has 1 heterocycles. The van der Waals surface area contributed by atoms with Gasteiger partial charge < -0.3 is 19.5 Å². The summed E-state index contributed by atoms with van der Waals surface area (Å²) in [5.41, 5.74) is 1.88. The van der Waals surface area contributed by atoms with Crippen molar-refractivity contribution in [2.45, 2.75) is 45.6 Å². The maximum Gasteiger partial charge on any atom is 0.341 e. The van der Waals surface area contributed by atoms with E-state index in [0.717, 1.165) is 36.1 Å². The number of nitrogens with one attached hydrogen (secondary N) is 1. The van der Waals surface area contributed by atoms with Crippen LogP contribution in [0.1, 0.15) is 53.1 Å². The van der Waals surface area contributed by atoms with Crippen molar-refractivity contribution < 1.29 is 23.8 Å². The third kappa shape index (κ3) is 4.57. The largest absolute Gasteiger partial charge is 0.493 e. The second-order valence-electron chi connectivity index (χ2n) is 6.86. The fourth-order valence-electron chi connectivity index (χ4n) is 3.37. The smallest absolute Gasteiger partial charge is 0.341 e. The second kappa shape index (κ2) is 9.63. The SMILES string of the molecule is CCOC(=O)c1c(NC(=O)C(C)Oc2ccc(C#N)cc2OC)sc2c1CCCC2. The summed E-state index contributed by atoms with van der Waals surface area (Å²) in [6.07, 6.45) is 2.95. The quantitative estimate of drug-likeness (QED) is 0.667. The Kier molecular flexibility index (Phi) is 6.95. The van der Waals surface area contributed by atoms with Gasteiger partial charge in [0.2, 0.25) is 0 Å². The van der Waals surface area contributed by atoms with Gasteiger partial charge in [-0.25, -0.2) is 4.79 Å². The van der Waals surface area contributed by atoms with Crippen LogP contribution in [0.15, 0.2) is 18.2 Å². The molecule has 2 aromatic rings. The van der Waals surface area contributed by atoms with Gasteiger partial charge in [0.25, 0.3) is 5.91 Å². The number of hydrogen-bond acceptors (Lipinski definition) is 7. The first-order chi connectivity index (χ1) is 14.5. The molecule has 1 atom stereocenters. The van der Waals surface area contributed by atoms with Crippen molar-refractivity contribution in [2.24, 2.45) is 0 Å². The minimum absolute atomic E-state index is 0.273. The lowest BCUT2D eigenvalue weighted by Crippen LogP contribution is -2.30. The molecule has 1 unspecified atom stereocenters. The molecular weight excluding hydrogens is 404 g/mol. The van der Waals surface area contributed by atoms with E-state index in [1.807, 2.05) is 6.07 Å². The van der Waals surface area contributed by atoms with Crippen LogP contribution in [0.25, 0.3) is 0 Å². The van der Waals surface area contributed by atoms with Gasteiger partial charge in [-0.2, -0.15) is 5.26 Å². The van der Waals surface area contributed by atoms with Gasteiger partial charge >= 0.3 is 5.97 Å². The highest BCUT2D eigenvalue weighted by Gasteiger charge is 2.28. The van der Waals surface area contributed by atoms with Gasteiger partial charge in [0, 0.05) is 10.9 Å². The molecule has 8 heteroatoms. The minimum atomic E-state index is -0.846. The third-order valence-corrected chi connectivity index (χ3v) is 6.06. The molecule has 0 radical (unpaired) electrons. The zero-order valence-corrected chi connectivity index (χ0v) is 18.1. The lowest BCUT2D eigenvalue weighted by Gasteiger charge is -2.17. The Labute approximate surface area is 179 Å². The molecule has 7 nitrogen and oxygen atoms in total. The van der Waals surface area contributed by atoms with Crippen LogP contribution in [0.4, 0.5) is 5.00 Å². The Bertz CT molecular complexity index is 992. The van der Waals surface area contributed by atoms with Crippen molar-refractivity contribution in [3.8, 4) is 17.6 Å². The van der Waals surface area contributed by atoms with Gasteiger partial charge in [0.15, 0.2) is 17.6 Å². The maximum atomic E-state index is 12.8. The lowest BCUT2D eigenvalue weighted by atomic mass is 9.95. The highest BCUT2D eigenvalue weighted by molar-refractivity contribution is 7.17. The number of carbonyl (C=O) groups excluding carboxylic acids is 2. The molecule has 0 fully saturated rings. The summed E-state index contributed by atoms with van der Waals surface area (Å²) in [5.74, 6) is -0.0668. The Hall–Kier alpha value is -3.05.